The average Bonchev–Trinajstić information content (AvgIpc) is 3.45. The van der Waals surface area contributed by atoms with Crippen molar-refractivity contribution in [1.29, 1.82) is 0 Å². The molecular formula is C18H23N3O4S. The molecule has 3 fully saturated rings. The van der Waals surface area contributed by atoms with Crippen molar-refractivity contribution in [1.82, 2.24) is 14.1 Å². The minimum Gasteiger partial charge on any atom is -0.339 e. The van der Waals surface area contributed by atoms with E-state index in [4.69, 9.17) is 0 Å². The number of hydrogen-bond acceptors (Lipinski definition) is 5. The third-order valence-electron chi connectivity index (χ3n) is 5.36. The summed E-state index contributed by atoms with van der Waals surface area (Å²) in [6.45, 7) is 1.68. The third-order valence-corrected chi connectivity index (χ3v) is 7.13. The van der Waals surface area contributed by atoms with Gasteiger partial charge in [0.05, 0.1) is 12.2 Å². The number of nitrogens with zero attached hydrogens (tertiary/aromatic N) is 3. The normalized spacial score (nSPS) is 26.3. The Kier molecular flexibility index (Phi) is 4.48. The van der Waals surface area contributed by atoms with Crippen LogP contribution >= 0.6 is 0 Å². The predicted molar refractivity (Wildman–Crippen MR) is 95.7 cm³/mol. The van der Waals surface area contributed by atoms with E-state index >= 15 is 0 Å². The monoisotopic (exact) mass is 377 g/mol. The Hall–Kier alpha value is -1.93. The van der Waals surface area contributed by atoms with Crippen LogP contribution in [-0.4, -0.2) is 78.4 Å². The van der Waals surface area contributed by atoms with Gasteiger partial charge in [-0.2, -0.15) is 0 Å². The van der Waals surface area contributed by atoms with E-state index in [1.807, 2.05) is 35.2 Å². The fourth-order valence-electron chi connectivity index (χ4n) is 3.76. The number of piperazine rings is 1. The maximum absolute atomic E-state index is 13.0. The number of fused-ring (bicyclic) bond motifs is 1. The van der Waals surface area contributed by atoms with Gasteiger partial charge < -0.3 is 4.90 Å². The zero-order valence-corrected chi connectivity index (χ0v) is 15.4. The lowest BCUT2D eigenvalue weighted by Gasteiger charge is -2.39. The number of rotatable bonds is 3. The van der Waals surface area contributed by atoms with Crippen LogP contribution in [0.2, 0.25) is 0 Å². The van der Waals surface area contributed by atoms with Crippen molar-refractivity contribution in [2.45, 2.75) is 31.3 Å². The number of amides is 2. The molecule has 0 unspecified atom stereocenters. The summed E-state index contributed by atoms with van der Waals surface area (Å²) in [5.74, 6) is -0.403. The van der Waals surface area contributed by atoms with E-state index in [1.54, 1.807) is 4.90 Å². The van der Waals surface area contributed by atoms with E-state index in [0.717, 1.165) is 22.7 Å². The summed E-state index contributed by atoms with van der Waals surface area (Å²) in [6, 6.07) is 8.79. The minimum absolute atomic E-state index is 0.0197. The molecule has 7 nitrogen and oxygen atoms in total. The lowest BCUT2D eigenvalue weighted by molar-refractivity contribution is -0.139. The van der Waals surface area contributed by atoms with Gasteiger partial charge in [0.15, 0.2) is 0 Å². The molecule has 3 aliphatic rings. The molecule has 1 aliphatic carbocycles. The number of hydrogen-bond donors (Lipinski definition) is 0. The first-order valence-corrected chi connectivity index (χ1v) is 10.7. The minimum atomic E-state index is -3.55. The second kappa shape index (κ2) is 6.66. The molecule has 0 aromatic heterocycles. The fraction of sp³-hybridized carbons (Fsp3) is 0.556. The molecule has 2 amide bonds. The summed E-state index contributed by atoms with van der Waals surface area (Å²) < 4.78 is 26.1. The summed E-state index contributed by atoms with van der Waals surface area (Å²) in [5.41, 5.74) is 0.939. The van der Waals surface area contributed by atoms with Gasteiger partial charge in [-0.15, -0.1) is 0 Å². The predicted octanol–water partition coefficient (Wildman–Crippen LogP) is 0.0763. The van der Waals surface area contributed by atoms with Crippen LogP contribution in [0.3, 0.4) is 0 Å². The van der Waals surface area contributed by atoms with Crippen molar-refractivity contribution >= 4 is 21.8 Å². The Labute approximate surface area is 153 Å². The molecule has 0 bridgehead atoms. The molecule has 26 heavy (non-hydrogen) atoms. The van der Waals surface area contributed by atoms with Crippen LogP contribution in [0.25, 0.3) is 0 Å². The molecule has 1 aromatic carbocycles. The van der Waals surface area contributed by atoms with Crippen LogP contribution in [-0.2, 0) is 26.0 Å². The lowest BCUT2D eigenvalue weighted by atomic mass is 10.1. The number of sulfonamides is 1. The Morgan fingerprint density at radius 1 is 1.08 bits per heavy atom. The maximum atomic E-state index is 13.0. The van der Waals surface area contributed by atoms with Crippen molar-refractivity contribution < 1.29 is 18.0 Å². The van der Waals surface area contributed by atoms with Gasteiger partial charge in [-0.25, -0.2) is 12.7 Å². The summed E-state index contributed by atoms with van der Waals surface area (Å²) in [6.07, 6.45) is 1.79. The molecule has 0 N–H and O–H groups in total. The van der Waals surface area contributed by atoms with Crippen LogP contribution in [0.15, 0.2) is 30.3 Å². The van der Waals surface area contributed by atoms with Gasteiger partial charge in [-0.05, 0) is 18.4 Å². The van der Waals surface area contributed by atoms with Crippen molar-refractivity contribution in [2.75, 3.05) is 31.9 Å². The average molecular weight is 377 g/mol. The molecule has 1 atom stereocenters. The maximum Gasteiger partial charge on any atom is 0.255 e. The van der Waals surface area contributed by atoms with Crippen LogP contribution in [0, 0.1) is 0 Å². The van der Waals surface area contributed by atoms with E-state index in [0.29, 0.717) is 26.1 Å². The van der Waals surface area contributed by atoms with E-state index in [9.17, 15) is 18.0 Å². The molecular weight excluding hydrogens is 354 g/mol. The molecule has 2 aliphatic heterocycles. The van der Waals surface area contributed by atoms with Crippen LogP contribution in [0.5, 0.6) is 0 Å². The van der Waals surface area contributed by atoms with E-state index < -0.39 is 16.1 Å². The second-order valence-corrected chi connectivity index (χ2v) is 9.20. The van der Waals surface area contributed by atoms with Gasteiger partial charge in [-0.1, -0.05) is 30.3 Å². The summed E-state index contributed by atoms with van der Waals surface area (Å²) in [5, 5.41) is 0. The largest absolute Gasteiger partial charge is 0.339 e. The van der Waals surface area contributed by atoms with Gasteiger partial charge in [0.25, 0.3) is 5.91 Å². The van der Waals surface area contributed by atoms with Gasteiger partial charge >= 0.3 is 0 Å². The molecule has 1 saturated carbocycles. The zero-order chi connectivity index (χ0) is 18.3. The molecule has 0 spiro atoms. The van der Waals surface area contributed by atoms with Crippen molar-refractivity contribution in [3.63, 3.8) is 0 Å². The van der Waals surface area contributed by atoms with Crippen molar-refractivity contribution in [3.8, 4) is 0 Å². The topological polar surface area (TPSA) is 78.0 Å². The Balaban J connectivity index is 1.50. The second-order valence-electron chi connectivity index (χ2n) is 7.24. The molecule has 1 aromatic rings. The molecule has 140 valence electrons. The first kappa shape index (κ1) is 17.5. The van der Waals surface area contributed by atoms with Gasteiger partial charge in [0.1, 0.15) is 6.04 Å². The first-order valence-electron chi connectivity index (χ1n) is 9.07. The number of carbonyl (C=O) groups is 2. The van der Waals surface area contributed by atoms with E-state index in [2.05, 4.69) is 0 Å². The molecule has 8 heteroatoms. The van der Waals surface area contributed by atoms with Crippen LogP contribution in [0.4, 0.5) is 0 Å². The Morgan fingerprint density at radius 2 is 1.81 bits per heavy atom. The molecule has 4 rings (SSSR count). The molecule has 0 radical (unpaired) electrons. The standard InChI is InChI=1S/C18H23N3O4S/c22-17(12-14-4-2-1-3-5-14)20-9-8-19-10-11-26(24,25)21(15-6-7-15)18(23)16(19)13-20/h1-5,15-16H,6-13H2/t16-/m0/s1. The molecule has 2 heterocycles. The lowest BCUT2D eigenvalue weighted by Crippen LogP contribution is -2.59. The van der Waals surface area contributed by atoms with Gasteiger partial charge in [-0.3, -0.25) is 14.5 Å². The van der Waals surface area contributed by atoms with Gasteiger partial charge in [0.2, 0.25) is 15.9 Å². The van der Waals surface area contributed by atoms with E-state index in [1.165, 1.54) is 0 Å². The highest BCUT2D eigenvalue weighted by atomic mass is 32.2. The summed E-state index contributed by atoms with van der Waals surface area (Å²) in [7, 11) is -3.55. The number of benzene rings is 1. The summed E-state index contributed by atoms with van der Waals surface area (Å²) >= 11 is 0. The molecule has 2 saturated heterocycles. The van der Waals surface area contributed by atoms with Gasteiger partial charge in [0, 0.05) is 32.2 Å². The smallest absolute Gasteiger partial charge is 0.255 e. The van der Waals surface area contributed by atoms with Crippen molar-refractivity contribution in [3.05, 3.63) is 35.9 Å². The highest BCUT2D eigenvalue weighted by molar-refractivity contribution is 7.89. The Morgan fingerprint density at radius 3 is 2.50 bits per heavy atom. The summed E-state index contributed by atoms with van der Waals surface area (Å²) in [4.78, 5) is 29.3. The van der Waals surface area contributed by atoms with Crippen LogP contribution < -0.4 is 0 Å². The third kappa shape index (κ3) is 3.35. The number of carbonyl (C=O) groups excluding carboxylic acids is 2. The quantitative estimate of drug-likeness (QED) is 0.745. The van der Waals surface area contributed by atoms with Crippen molar-refractivity contribution in [2.24, 2.45) is 0 Å². The first-order chi connectivity index (χ1) is 12.5. The zero-order valence-electron chi connectivity index (χ0n) is 14.6. The SMILES string of the molecule is O=C(Cc1ccccc1)N1CCN2CCS(=O)(=O)N(C3CC3)C(=O)[C@@H]2C1. The fourth-order valence-corrected chi connectivity index (χ4v) is 5.49. The highest BCUT2D eigenvalue weighted by Crippen LogP contribution is 2.32. The highest BCUT2D eigenvalue weighted by Gasteiger charge is 2.48. The Bertz CT molecular complexity index is 807. The van der Waals surface area contributed by atoms with E-state index in [-0.39, 0.29) is 30.2 Å². The van der Waals surface area contributed by atoms with Crippen LogP contribution in [0.1, 0.15) is 18.4 Å².